The summed E-state index contributed by atoms with van der Waals surface area (Å²) in [7, 11) is -2.43. The Hall–Kier alpha value is -4.89. The minimum atomic E-state index is -3.78. The smallest absolute Gasteiger partial charge is 0.355 e. The molecule has 2 aromatic heterocycles. The lowest BCUT2D eigenvalue weighted by atomic mass is 9.87. The monoisotopic (exact) mass is 612 g/mol. The van der Waals surface area contributed by atoms with Gasteiger partial charge in [0.1, 0.15) is 17.2 Å². The van der Waals surface area contributed by atoms with Crippen molar-refractivity contribution in [1.29, 1.82) is 5.41 Å². The van der Waals surface area contributed by atoms with Gasteiger partial charge < -0.3 is 26.2 Å². The zero-order valence-electron chi connectivity index (χ0n) is 24.1. The Morgan fingerprint density at radius 1 is 0.977 bits per heavy atom. The Morgan fingerprint density at radius 2 is 1.58 bits per heavy atom. The van der Waals surface area contributed by atoms with Crippen molar-refractivity contribution < 1.29 is 36.8 Å². The minimum absolute atomic E-state index is 0.00376. The molecule has 0 saturated heterocycles. The van der Waals surface area contributed by atoms with E-state index in [1.165, 1.54) is 43.5 Å². The van der Waals surface area contributed by atoms with Crippen molar-refractivity contribution >= 4 is 39.4 Å². The largest absolute Gasteiger partial charge is 0.481 e. The van der Waals surface area contributed by atoms with Crippen LogP contribution < -0.4 is 21.1 Å². The molecule has 43 heavy (non-hydrogen) atoms. The number of amidine groups is 1. The number of benzene rings is 1. The van der Waals surface area contributed by atoms with Gasteiger partial charge in [0.2, 0.25) is 5.88 Å². The van der Waals surface area contributed by atoms with Crippen molar-refractivity contribution in [3.05, 3.63) is 71.2 Å². The van der Waals surface area contributed by atoms with E-state index < -0.39 is 45.1 Å². The first-order valence-corrected chi connectivity index (χ1v) is 14.5. The minimum Gasteiger partial charge on any atom is -0.481 e. The zero-order chi connectivity index (χ0) is 32.1. The van der Waals surface area contributed by atoms with Gasteiger partial charge in [-0.05, 0) is 47.9 Å². The summed E-state index contributed by atoms with van der Waals surface area (Å²) in [6.45, 7) is 4.96. The molecule has 0 aliphatic rings. The Kier molecular flexibility index (Phi) is 9.83. The van der Waals surface area contributed by atoms with Crippen molar-refractivity contribution in [3.63, 3.8) is 0 Å². The second-order valence-corrected chi connectivity index (χ2v) is 12.1. The fraction of sp³-hybridized carbons (Fsp3) is 0.286. The summed E-state index contributed by atoms with van der Waals surface area (Å²) in [6, 6.07) is 10.9. The van der Waals surface area contributed by atoms with Gasteiger partial charge in [-0.1, -0.05) is 20.8 Å². The van der Waals surface area contributed by atoms with E-state index in [1.807, 2.05) is 0 Å². The van der Waals surface area contributed by atoms with Crippen LogP contribution in [0, 0.1) is 10.8 Å². The second-order valence-electron chi connectivity index (χ2n) is 10.5. The van der Waals surface area contributed by atoms with Gasteiger partial charge in [0.15, 0.2) is 5.69 Å². The van der Waals surface area contributed by atoms with Crippen molar-refractivity contribution in [2.24, 2.45) is 11.1 Å². The van der Waals surface area contributed by atoms with Gasteiger partial charge in [-0.2, -0.15) is 8.42 Å². The number of nitrogen functional groups attached to an aromatic ring is 1. The van der Waals surface area contributed by atoms with Gasteiger partial charge in [0.25, 0.3) is 21.9 Å². The van der Waals surface area contributed by atoms with E-state index in [0.717, 1.165) is 6.26 Å². The number of carboxylic acid groups (broad SMARTS) is 1. The van der Waals surface area contributed by atoms with Crippen LogP contribution in [-0.4, -0.2) is 73.1 Å². The summed E-state index contributed by atoms with van der Waals surface area (Å²) in [5.74, 6) is -2.98. The number of carboxylic acids is 1. The number of carbonyl (C=O) groups is 3. The number of aromatic carboxylic acids is 1. The van der Waals surface area contributed by atoms with Gasteiger partial charge in [0, 0.05) is 28.4 Å². The number of pyridine rings is 2. The Morgan fingerprint density at radius 3 is 2.12 bits per heavy atom. The van der Waals surface area contributed by atoms with Crippen molar-refractivity contribution in [2.45, 2.75) is 26.8 Å². The summed E-state index contributed by atoms with van der Waals surface area (Å²) in [5, 5.41) is 22.8. The van der Waals surface area contributed by atoms with Gasteiger partial charge in [0.05, 0.1) is 26.0 Å². The van der Waals surface area contributed by atoms with E-state index in [1.54, 1.807) is 32.9 Å². The highest BCUT2D eigenvalue weighted by Gasteiger charge is 2.30. The predicted octanol–water partition coefficient (Wildman–Crippen LogP) is 2.51. The van der Waals surface area contributed by atoms with E-state index in [9.17, 15) is 27.9 Å². The number of rotatable bonds is 11. The van der Waals surface area contributed by atoms with Crippen LogP contribution in [0.25, 0.3) is 11.1 Å². The first kappa shape index (κ1) is 32.6. The summed E-state index contributed by atoms with van der Waals surface area (Å²) >= 11 is 0. The highest BCUT2D eigenvalue weighted by atomic mass is 32.2. The lowest BCUT2D eigenvalue weighted by molar-refractivity contribution is 0.0690. The molecule has 0 bridgehead atoms. The highest BCUT2D eigenvalue weighted by Crippen LogP contribution is 2.29. The van der Waals surface area contributed by atoms with E-state index in [0.29, 0.717) is 11.3 Å². The molecular formula is C28H32N6O8S. The third-order valence-electron chi connectivity index (χ3n) is 6.17. The number of carbonyl (C=O) groups excluding carboxylic acids is 2. The first-order valence-electron chi connectivity index (χ1n) is 12.7. The molecule has 0 saturated carbocycles. The summed E-state index contributed by atoms with van der Waals surface area (Å²) in [5.41, 5.74) is 4.81. The fourth-order valence-electron chi connectivity index (χ4n) is 3.77. The number of amides is 2. The molecule has 3 rings (SSSR count). The molecule has 2 amide bonds. The number of methoxy groups -OCH3 is 1. The van der Waals surface area contributed by atoms with E-state index in [4.69, 9.17) is 20.1 Å². The Bertz CT molecular complexity index is 1670. The number of hydrogen-bond donors (Lipinski definition) is 5. The number of aromatic nitrogens is 2. The molecule has 0 unspecified atom stereocenters. The maximum Gasteiger partial charge on any atom is 0.355 e. The SMILES string of the molecule is COc1ccc(-c2ccc(C(=O)N[C@H](COS(C)(=O)=O)C(C)(C)C)nc2C(=O)O)c(C(=O)Nc2ccc(C(=N)N)cc2)n1. The molecule has 15 heteroatoms. The van der Waals surface area contributed by atoms with Crippen LogP contribution in [0.3, 0.4) is 0 Å². The second kappa shape index (κ2) is 13.0. The van der Waals surface area contributed by atoms with Gasteiger partial charge in [-0.3, -0.25) is 19.2 Å². The lowest BCUT2D eigenvalue weighted by Gasteiger charge is -2.30. The molecule has 0 aliphatic carbocycles. The average Bonchev–Trinajstić information content (AvgIpc) is 2.93. The topological polar surface area (TPSA) is 224 Å². The molecule has 0 aliphatic heterocycles. The van der Waals surface area contributed by atoms with Crippen LogP contribution in [0.2, 0.25) is 0 Å². The normalized spacial score (nSPS) is 12.2. The number of hydrogen-bond acceptors (Lipinski definition) is 10. The summed E-state index contributed by atoms with van der Waals surface area (Å²) < 4.78 is 33.0. The Balaban J connectivity index is 1.99. The van der Waals surface area contributed by atoms with Gasteiger partial charge in [-0.15, -0.1) is 0 Å². The highest BCUT2D eigenvalue weighted by molar-refractivity contribution is 7.85. The molecule has 2 heterocycles. The van der Waals surface area contributed by atoms with Crippen molar-refractivity contribution in [2.75, 3.05) is 25.3 Å². The molecule has 6 N–H and O–H groups in total. The quantitative estimate of drug-likeness (QED) is 0.120. The van der Waals surface area contributed by atoms with E-state index in [-0.39, 0.29) is 40.8 Å². The third-order valence-corrected chi connectivity index (χ3v) is 6.73. The molecule has 3 aromatic rings. The molecule has 14 nitrogen and oxygen atoms in total. The van der Waals surface area contributed by atoms with Gasteiger partial charge in [-0.25, -0.2) is 14.8 Å². The van der Waals surface area contributed by atoms with Crippen molar-refractivity contribution in [3.8, 4) is 17.0 Å². The van der Waals surface area contributed by atoms with Crippen LogP contribution >= 0.6 is 0 Å². The fourth-order valence-corrected chi connectivity index (χ4v) is 4.15. The maximum atomic E-state index is 13.3. The number of nitrogens with zero attached hydrogens (tertiary/aromatic N) is 2. The lowest BCUT2D eigenvalue weighted by Crippen LogP contribution is -2.47. The number of nitrogens with one attached hydrogen (secondary N) is 3. The van der Waals surface area contributed by atoms with Crippen molar-refractivity contribution in [1.82, 2.24) is 15.3 Å². The van der Waals surface area contributed by atoms with Crippen LogP contribution in [0.5, 0.6) is 5.88 Å². The zero-order valence-corrected chi connectivity index (χ0v) is 24.9. The molecule has 1 atom stereocenters. The van der Waals surface area contributed by atoms with Gasteiger partial charge >= 0.3 is 5.97 Å². The van der Waals surface area contributed by atoms with Crippen LogP contribution in [0.15, 0.2) is 48.5 Å². The van der Waals surface area contributed by atoms with Crippen LogP contribution in [-0.2, 0) is 14.3 Å². The van der Waals surface area contributed by atoms with Crippen LogP contribution in [0.1, 0.15) is 57.8 Å². The molecule has 0 spiro atoms. The Labute approximate surface area is 248 Å². The number of anilines is 1. The molecule has 1 aromatic carbocycles. The maximum absolute atomic E-state index is 13.3. The third kappa shape index (κ3) is 8.56. The molecule has 0 fully saturated rings. The summed E-state index contributed by atoms with van der Waals surface area (Å²) in [4.78, 5) is 47.0. The van der Waals surface area contributed by atoms with Crippen LogP contribution in [0.4, 0.5) is 5.69 Å². The number of ether oxygens (including phenoxy) is 1. The average molecular weight is 613 g/mol. The van der Waals surface area contributed by atoms with E-state index >= 15 is 0 Å². The molecule has 0 radical (unpaired) electrons. The first-order chi connectivity index (χ1) is 20.0. The standard InChI is InChI=1S/C28H32N6O8S/c1-28(2,3)20(14-42-43(5,39)40)33-25(35)19-12-10-18(23(32-19)27(37)38)17-11-13-21(41-4)34-22(17)26(36)31-16-8-6-15(7-9-16)24(29)30/h6-13,20H,14H2,1-5H3,(H3,29,30)(H,31,36)(H,33,35)(H,37,38)/t20-/m1/s1. The molecule has 228 valence electrons. The molecular weight excluding hydrogens is 580 g/mol. The number of nitrogens with two attached hydrogens (primary N) is 1. The predicted molar refractivity (Wildman–Crippen MR) is 158 cm³/mol. The summed E-state index contributed by atoms with van der Waals surface area (Å²) in [6.07, 6.45) is 0.890. The van der Waals surface area contributed by atoms with E-state index in [2.05, 4.69) is 20.6 Å².